The Morgan fingerprint density at radius 1 is 0.872 bits per heavy atom. The van der Waals surface area contributed by atoms with Crippen molar-refractivity contribution in [3.05, 3.63) is 115 Å². The van der Waals surface area contributed by atoms with Crippen LogP contribution in [-0.4, -0.2) is 51.9 Å². The molecule has 0 saturated heterocycles. The number of amides is 2. The van der Waals surface area contributed by atoms with Crippen LogP contribution in [0, 0.1) is 20.2 Å². The molecule has 0 aliphatic carbocycles. The van der Waals surface area contributed by atoms with E-state index in [-0.39, 0.29) is 55.6 Å². The Bertz CT molecular complexity index is 1560. The summed E-state index contributed by atoms with van der Waals surface area (Å²) in [5, 5.41) is 22.2. The number of nitrogens with zero attached hydrogens (tertiary/aromatic N) is 3. The monoisotopic (exact) mass is 650 g/mol. The molecule has 0 fully saturated rings. The zero-order chi connectivity index (χ0) is 34.5. The third kappa shape index (κ3) is 11.1. The minimum Gasteiger partial charge on any atom is -0.492 e. The van der Waals surface area contributed by atoms with Crippen LogP contribution in [0.3, 0.4) is 0 Å². The molecule has 0 bridgehead atoms. The number of carbonyl (C=O) groups excluding carboxylic acids is 3. The first-order valence-corrected chi connectivity index (χ1v) is 15.0. The summed E-state index contributed by atoms with van der Waals surface area (Å²) in [4.78, 5) is 70.1. The molecule has 47 heavy (non-hydrogen) atoms. The van der Waals surface area contributed by atoms with E-state index in [1.54, 1.807) is 71.6 Å². The molecule has 250 valence electrons. The van der Waals surface area contributed by atoms with Crippen molar-refractivity contribution in [1.29, 1.82) is 0 Å². The highest BCUT2D eigenvalue weighted by Gasteiger charge is 2.25. The van der Waals surface area contributed by atoms with E-state index in [0.717, 1.165) is 5.56 Å². The number of hydrogen-bond donors (Lipinski definition) is 1. The fourth-order valence-electron chi connectivity index (χ4n) is 4.72. The maximum absolute atomic E-state index is 13.7. The predicted octanol–water partition coefficient (Wildman–Crippen LogP) is 5.76. The lowest BCUT2D eigenvalue weighted by Crippen LogP contribution is -2.41. The smallest absolute Gasteiger partial charge is 0.294 e. The lowest BCUT2D eigenvalue weighted by atomic mass is 9.97. The molecule has 3 rings (SSSR count). The Hall–Kier alpha value is -5.53. The van der Waals surface area contributed by atoms with Gasteiger partial charge >= 0.3 is 0 Å². The molecule has 1 atom stereocenters. The van der Waals surface area contributed by atoms with Crippen LogP contribution in [0.5, 0.6) is 5.75 Å². The summed E-state index contributed by atoms with van der Waals surface area (Å²) >= 11 is 0. The number of carbonyl (C=O) groups is 3. The van der Waals surface area contributed by atoms with Crippen LogP contribution in [0.2, 0.25) is 0 Å². The molecule has 14 nitrogen and oxygen atoms in total. The molecule has 0 radical (unpaired) electrons. The van der Waals surface area contributed by atoms with Gasteiger partial charge in [-0.3, -0.25) is 14.4 Å². The first-order chi connectivity index (χ1) is 22.4. The summed E-state index contributed by atoms with van der Waals surface area (Å²) in [6, 6.07) is 17.8. The van der Waals surface area contributed by atoms with Crippen molar-refractivity contribution in [3.63, 3.8) is 0 Å². The normalized spacial score (nSPS) is 11.3. The molecule has 0 aliphatic rings. The molecule has 0 aromatic heterocycles. The van der Waals surface area contributed by atoms with Gasteiger partial charge in [0.1, 0.15) is 19.0 Å². The Morgan fingerprint density at radius 2 is 1.45 bits per heavy atom. The van der Waals surface area contributed by atoms with Gasteiger partial charge in [0.15, 0.2) is 5.78 Å². The number of ether oxygens (including phenoxy) is 1. The number of benzene rings is 3. The largest absolute Gasteiger partial charge is 0.492 e. The van der Waals surface area contributed by atoms with Crippen molar-refractivity contribution in [2.24, 2.45) is 0 Å². The molecule has 0 saturated carbocycles. The number of ketones is 1. The highest BCUT2D eigenvalue weighted by atomic mass is 17.0. The van der Waals surface area contributed by atoms with Crippen molar-refractivity contribution >= 4 is 23.3 Å². The summed E-state index contributed by atoms with van der Waals surface area (Å²) in [5.74, 6) is -0.810. The molecule has 0 aliphatic heterocycles. The van der Waals surface area contributed by atoms with Gasteiger partial charge in [-0.1, -0.05) is 43.3 Å². The van der Waals surface area contributed by atoms with Crippen LogP contribution in [-0.2, 0) is 27.7 Å². The van der Waals surface area contributed by atoms with Crippen LogP contribution in [0.25, 0.3) is 0 Å². The van der Waals surface area contributed by atoms with Crippen molar-refractivity contribution in [2.45, 2.75) is 65.7 Å². The van der Waals surface area contributed by atoms with E-state index in [9.17, 15) is 34.6 Å². The lowest BCUT2D eigenvalue weighted by Gasteiger charge is -2.31. The molecule has 0 spiro atoms. The molecule has 0 heterocycles. The van der Waals surface area contributed by atoms with Crippen molar-refractivity contribution in [2.75, 3.05) is 18.5 Å². The third-order valence-electron chi connectivity index (χ3n) is 7.19. The van der Waals surface area contributed by atoms with Gasteiger partial charge in [0.25, 0.3) is 16.1 Å². The maximum Gasteiger partial charge on any atom is 0.294 e. The minimum absolute atomic E-state index is 0.0558. The number of nitrogens with one attached hydrogen (secondary N) is 1. The van der Waals surface area contributed by atoms with Gasteiger partial charge < -0.3 is 24.6 Å². The molecular formula is C33H38N4O10. The van der Waals surface area contributed by atoms with Crippen LogP contribution < -0.4 is 10.1 Å². The second-order valence-corrected chi connectivity index (χ2v) is 11.1. The Balaban J connectivity index is 1.89. The van der Waals surface area contributed by atoms with E-state index in [1.807, 2.05) is 20.8 Å². The molecule has 1 N–H and O–H groups in total. The Labute approximate surface area is 271 Å². The van der Waals surface area contributed by atoms with Crippen LogP contribution in [0.1, 0.15) is 83.9 Å². The fourth-order valence-corrected chi connectivity index (χ4v) is 4.72. The second-order valence-electron chi connectivity index (χ2n) is 11.1. The average molecular weight is 651 g/mol. The van der Waals surface area contributed by atoms with Gasteiger partial charge in [-0.25, -0.2) is 0 Å². The number of rotatable bonds is 18. The lowest BCUT2D eigenvalue weighted by molar-refractivity contribution is -0.763. The SMILES string of the molecule is CCCC(=O)Nc1ccc(OCC(CN(C(=O)c2ccc(CO[N+](=O)[O-])cc2)C(C)C)c2ccc(CO[N+](=O)[O-])cc2)c(C(C)=O)c1. The van der Waals surface area contributed by atoms with Crippen LogP contribution in [0.4, 0.5) is 5.69 Å². The zero-order valence-corrected chi connectivity index (χ0v) is 26.7. The number of hydrogen-bond acceptors (Lipinski definition) is 10. The van der Waals surface area contributed by atoms with E-state index < -0.39 is 16.1 Å². The first-order valence-electron chi connectivity index (χ1n) is 15.0. The molecule has 1 unspecified atom stereocenters. The summed E-state index contributed by atoms with van der Waals surface area (Å²) < 4.78 is 6.21. The standard InChI is InChI=1S/C33H38N4O10/c1-5-6-32(39)34-29-15-16-31(30(17-29)23(4)38)45-21-28(26-11-7-24(8-12-26)19-46-36(41)42)18-35(22(2)3)33(40)27-13-9-25(10-14-27)20-47-37(43)44/h7-17,22,28H,5-6,18-21H2,1-4H3,(H,34,39). The predicted molar refractivity (Wildman–Crippen MR) is 171 cm³/mol. The second kappa shape index (κ2) is 17.2. The maximum atomic E-state index is 13.7. The highest BCUT2D eigenvalue weighted by molar-refractivity contribution is 5.99. The van der Waals surface area contributed by atoms with E-state index in [2.05, 4.69) is 15.0 Å². The van der Waals surface area contributed by atoms with Gasteiger partial charge in [-0.2, -0.15) is 0 Å². The van der Waals surface area contributed by atoms with Gasteiger partial charge in [0.2, 0.25) is 5.91 Å². The van der Waals surface area contributed by atoms with Crippen molar-refractivity contribution in [3.8, 4) is 5.75 Å². The summed E-state index contributed by atoms with van der Waals surface area (Å²) in [7, 11) is 0. The molecule has 2 amide bonds. The van der Waals surface area contributed by atoms with E-state index >= 15 is 0 Å². The van der Waals surface area contributed by atoms with E-state index in [0.29, 0.717) is 41.0 Å². The van der Waals surface area contributed by atoms with Gasteiger partial charge in [-0.15, -0.1) is 20.2 Å². The summed E-state index contributed by atoms with van der Waals surface area (Å²) in [5.41, 5.74) is 2.99. The minimum atomic E-state index is -0.886. The first kappa shape index (κ1) is 35.9. The van der Waals surface area contributed by atoms with Crippen LogP contribution >= 0.6 is 0 Å². The van der Waals surface area contributed by atoms with E-state index in [1.165, 1.54) is 6.92 Å². The third-order valence-corrected chi connectivity index (χ3v) is 7.19. The zero-order valence-electron chi connectivity index (χ0n) is 26.7. The number of anilines is 1. The van der Waals surface area contributed by atoms with Gasteiger partial charge in [0.05, 0.1) is 12.2 Å². The van der Waals surface area contributed by atoms with Gasteiger partial charge in [0, 0.05) is 36.2 Å². The average Bonchev–Trinajstić information content (AvgIpc) is 3.03. The van der Waals surface area contributed by atoms with Crippen molar-refractivity contribution < 1.29 is 39.0 Å². The molecule has 3 aromatic rings. The molecule has 3 aromatic carbocycles. The Kier molecular flexibility index (Phi) is 13.2. The van der Waals surface area contributed by atoms with Crippen molar-refractivity contribution in [1.82, 2.24) is 4.90 Å². The quantitative estimate of drug-likeness (QED) is 0.101. The summed E-state index contributed by atoms with van der Waals surface area (Å²) in [6.45, 7) is 6.82. The van der Waals surface area contributed by atoms with Crippen LogP contribution in [0.15, 0.2) is 66.7 Å². The highest BCUT2D eigenvalue weighted by Crippen LogP contribution is 2.27. The molecular weight excluding hydrogens is 612 g/mol. The Morgan fingerprint density at radius 3 is 1.96 bits per heavy atom. The number of Topliss-reactive ketones (excluding diaryl/α,β-unsaturated/α-hetero) is 1. The van der Waals surface area contributed by atoms with E-state index in [4.69, 9.17) is 4.74 Å². The summed E-state index contributed by atoms with van der Waals surface area (Å²) in [6.07, 6.45) is 1.02. The topological polar surface area (TPSA) is 180 Å². The molecule has 14 heteroatoms. The van der Waals surface area contributed by atoms with Gasteiger partial charge in [-0.05, 0) is 74.2 Å². The fraction of sp³-hybridized carbons (Fsp3) is 0.364.